The second-order valence-corrected chi connectivity index (χ2v) is 16.6. The zero-order chi connectivity index (χ0) is 37.3. The van der Waals surface area contributed by atoms with Crippen molar-refractivity contribution in [2.45, 2.75) is 65.3 Å². The normalized spacial score (nSPS) is 19.0. The van der Waals surface area contributed by atoms with Crippen LogP contribution in [0.15, 0.2) is 48.0 Å². The van der Waals surface area contributed by atoms with Crippen LogP contribution in [-0.4, -0.2) is 93.8 Å². The number of hydrogen-bond acceptors (Lipinski definition) is 12. The van der Waals surface area contributed by atoms with Crippen molar-refractivity contribution in [1.82, 2.24) is 30.7 Å². The zero-order valence-electron chi connectivity index (χ0n) is 29.8. The molecule has 1 aromatic carbocycles. The molecule has 0 aliphatic carbocycles. The van der Waals surface area contributed by atoms with Gasteiger partial charge in [0.2, 0.25) is 11.8 Å². The number of aryl methyl sites for hydroxylation is 1. The number of carbonyl (C=O) groups excluding carboxylic acids is 3. The van der Waals surface area contributed by atoms with Crippen LogP contribution in [0.4, 0.5) is 16.5 Å². The first-order valence-electron chi connectivity index (χ1n) is 17.2. The highest BCUT2D eigenvalue weighted by molar-refractivity contribution is 7.18. The van der Waals surface area contributed by atoms with Crippen LogP contribution in [0.2, 0.25) is 5.15 Å². The molecule has 2 saturated heterocycles. The number of anilines is 3. The molecule has 276 valence electrons. The maximum atomic E-state index is 14.2. The Morgan fingerprint density at radius 1 is 1.02 bits per heavy atom. The molecule has 2 aliphatic rings. The quantitative estimate of drug-likeness (QED) is 0.190. The Bertz CT molecular complexity index is 1920. The minimum Gasteiger partial charge on any atom is -0.391 e. The smallest absolute Gasteiger partial charge is 0.262 e. The van der Waals surface area contributed by atoms with Crippen molar-refractivity contribution in [3.8, 4) is 10.4 Å². The van der Waals surface area contributed by atoms with E-state index in [2.05, 4.69) is 35.6 Å². The predicted molar refractivity (Wildman–Crippen MR) is 206 cm³/mol. The first kappa shape index (κ1) is 37.4. The summed E-state index contributed by atoms with van der Waals surface area (Å²) >= 11 is 8.98. The molecule has 0 bridgehead atoms. The molecule has 5 heterocycles. The Morgan fingerprint density at radius 2 is 1.71 bits per heavy atom. The van der Waals surface area contributed by atoms with Crippen molar-refractivity contribution >= 4 is 68.5 Å². The summed E-state index contributed by atoms with van der Waals surface area (Å²) in [4.78, 5) is 53.1. The van der Waals surface area contributed by atoms with Crippen LogP contribution >= 0.6 is 34.3 Å². The molecule has 6 rings (SSSR count). The lowest BCUT2D eigenvalue weighted by Gasteiger charge is -2.36. The summed E-state index contributed by atoms with van der Waals surface area (Å²) in [5.41, 5.74) is 10.9. The second kappa shape index (κ2) is 15.3. The number of likely N-dealkylation sites (tertiary alicyclic amines) is 1. The van der Waals surface area contributed by atoms with Crippen LogP contribution < -0.4 is 26.2 Å². The van der Waals surface area contributed by atoms with Gasteiger partial charge in [0, 0.05) is 45.2 Å². The summed E-state index contributed by atoms with van der Waals surface area (Å²) in [7, 11) is 0. The summed E-state index contributed by atoms with van der Waals surface area (Å²) in [5, 5.41) is 25.6. The van der Waals surface area contributed by atoms with Gasteiger partial charge in [0.15, 0.2) is 11.0 Å². The van der Waals surface area contributed by atoms with E-state index < -0.39 is 29.5 Å². The Labute approximate surface area is 316 Å². The maximum Gasteiger partial charge on any atom is 0.262 e. The van der Waals surface area contributed by atoms with E-state index in [1.807, 2.05) is 70.5 Å². The molecule has 0 radical (unpaired) electrons. The Hall–Kier alpha value is -4.31. The van der Waals surface area contributed by atoms with Gasteiger partial charge in [-0.15, -0.1) is 32.9 Å². The molecular weight excluding hydrogens is 722 g/mol. The second-order valence-electron chi connectivity index (χ2n) is 14.3. The van der Waals surface area contributed by atoms with Gasteiger partial charge in [0.05, 0.1) is 43.8 Å². The highest BCUT2D eigenvalue weighted by atomic mass is 35.5. The van der Waals surface area contributed by atoms with E-state index in [0.29, 0.717) is 36.9 Å². The number of amides is 3. The molecule has 52 heavy (non-hydrogen) atoms. The van der Waals surface area contributed by atoms with Crippen LogP contribution in [0.5, 0.6) is 0 Å². The number of nitrogens with two attached hydrogens (primary N) is 1. The van der Waals surface area contributed by atoms with Crippen LogP contribution in [0, 0.1) is 12.3 Å². The topological polar surface area (TPSA) is 170 Å². The van der Waals surface area contributed by atoms with Gasteiger partial charge >= 0.3 is 0 Å². The molecule has 16 heteroatoms. The summed E-state index contributed by atoms with van der Waals surface area (Å²) in [6.07, 6.45) is -0.755. The zero-order valence-corrected chi connectivity index (χ0v) is 32.2. The van der Waals surface area contributed by atoms with E-state index in [9.17, 15) is 19.5 Å². The number of aliphatic hydroxyl groups excluding tert-OH is 1. The Morgan fingerprint density at radius 3 is 2.37 bits per heavy atom. The number of hydrogen-bond donors (Lipinski definition) is 4. The average Bonchev–Trinajstić information content (AvgIpc) is 3.88. The minimum absolute atomic E-state index is 0.000806. The van der Waals surface area contributed by atoms with E-state index in [-0.39, 0.29) is 36.0 Å². The molecule has 5 N–H and O–H groups in total. The van der Waals surface area contributed by atoms with Crippen molar-refractivity contribution in [2.24, 2.45) is 5.41 Å². The molecule has 13 nitrogen and oxygen atoms in total. The molecule has 2 aliphatic heterocycles. The fourth-order valence-electron chi connectivity index (χ4n) is 6.63. The predicted octanol–water partition coefficient (Wildman–Crippen LogP) is 4.52. The van der Waals surface area contributed by atoms with Crippen LogP contribution in [-0.2, 0) is 9.59 Å². The Balaban J connectivity index is 1.09. The van der Waals surface area contributed by atoms with E-state index in [0.717, 1.165) is 32.4 Å². The van der Waals surface area contributed by atoms with Crippen LogP contribution in [0.25, 0.3) is 10.4 Å². The minimum atomic E-state index is -0.943. The highest BCUT2D eigenvalue weighted by Crippen LogP contribution is 2.32. The third kappa shape index (κ3) is 8.17. The van der Waals surface area contributed by atoms with Gasteiger partial charge in [-0.3, -0.25) is 14.4 Å². The first-order chi connectivity index (χ1) is 24.7. The lowest BCUT2D eigenvalue weighted by Crippen LogP contribution is -2.57. The van der Waals surface area contributed by atoms with Crippen molar-refractivity contribution in [3.63, 3.8) is 0 Å². The summed E-state index contributed by atoms with van der Waals surface area (Å²) in [5.74, 6) is -0.815. The summed E-state index contributed by atoms with van der Waals surface area (Å²) < 4.78 is 0. The number of benzene rings is 1. The van der Waals surface area contributed by atoms with Gasteiger partial charge in [-0.2, -0.15) is 0 Å². The molecule has 3 amide bonds. The standard InChI is InChI=1S/C36H44ClN9O4S2/c1-20(22-6-8-23(9-7-22)30-21(2)39-19-51-30)40-33(48)26-16-24(47)18-46(26)35(50)31(36(3,4)5)41-34(49)27-10-11-29(52-27)45-14-12-44(13-15-45)25-17-28(37)42-43-32(25)38/h6-11,17,19-20,24,26,31,47H,12-16,18H2,1-5H3,(H2,38,43)(H,40,48)(H,41,49)/t20-,24+,26-,31?/m0/s1. The number of nitrogens with one attached hydrogen (secondary N) is 2. The highest BCUT2D eigenvalue weighted by Gasteiger charge is 2.45. The van der Waals surface area contributed by atoms with Crippen molar-refractivity contribution in [1.29, 1.82) is 0 Å². The monoisotopic (exact) mass is 765 g/mol. The number of thiazole rings is 1. The van der Waals surface area contributed by atoms with E-state index in [4.69, 9.17) is 17.3 Å². The maximum absolute atomic E-state index is 14.2. The summed E-state index contributed by atoms with van der Waals surface area (Å²) in [6, 6.07) is 11.2. The lowest BCUT2D eigenvalue weighted by molar-refractivity contribution is -0.142. The number of β-amino-alcohol motifs (C(OH)–C–C–N with tert-alkyl or cyclic N) is 1. The molecule has 0 spiro atoms. The van der Waals surface area contributed by atoms with E-state index >= 15 is 0 Å². The third-order valence-corrected chi connectivity index (χ3v) is 11.9. The SMILES string of the molecule is Cc1ncsc1-c1ccc([C@H](C)NC(=O)[C@@H]2C[C@@H](O)CN2C(=O)C(NC(=O)c2ccc(N3CCN(c4cc(Cl)nnc4N)CC3)s2)C(C)(C)C)cc1. The van der Waals surface area contributed by atoms with Crippen molar-refractivity contribution in [2.75, 3.05) is 48.3 Å². The van der Waals surface area contributed by atoms with Crippen LogP contribution in [0.1, 0.15) is 61.1 Å². The number of thiophene rings is 1. The number of aromatic nitrogens is 3. The number of nitrogens with zero attached hydrogens (tertiary/aromatic N) is 6. The first-order valence-corrected chi connectivity index (χ1v) is 19.3. The van der Waals surface area contributed by atoms with Crippen molar-refractivity contribution in [3.05, 3.63) is 69.3 Å². The number of nitrogen functional groups attached to an aromatic ring is 1. The molecule has 2 fully saturated rings. The van der Waals surface area contributed by atoms with Gasteiger partial charge in [-0.05, 0) is 42.5 Å². The van der Waals surface area contributed by atoms with Crippen molar-refractivity contribution < 1.29 is 19.5 Å². The molecule has 1 unspecified atom stereocenters. The number of piperazine rings is 1. The molecule has 4 atom stereocenters. The fraction of sp³-hybridized carbons (Fsp3) is 0.444. The van der Waals surface area contributed by atoms with Gasteiger partial charge in [-0.25, -0.2) is 4.98 Å². The number of carbonyl (C=O) groups is 3. The molecule has 3 aromatic heterocycles. The molecular formula is C36H44ClN9O4S2. The molecule has 4 aromatic rings. The average molecular weight is 766 g/mol. The fourth-order valence-corrected chi connectivity index (χ4v) is 8.54. The van der Waals surface area contributed by atoms with Gasteiger partial charge in [0.25, 0.3) is 5.91 Å². The van der Waals surface area contributed by atoms with Gasteiger partial charge in [-0.1, -0.05) is 56.6 Å². The third-order valence-electron chi connectivity index (χ3n) is 9.55. The number of rotatable bonds is 9. The van der Waals surface area contributed by atoms with Crippen LogP contribution in [0.3, 0.4) is 0 Å². The summed E-state index contributed by atoms with van der Waals surface area (Å²) in [6.45, 7) is 12.2. The van der Waals surface area contributed by atoms with Gasteiger partial charge in [0.1, 0.15) is 12.1 Å². The largest absolute Gasteiger partial charge is 0.391 e. The van der Waals surface area contributed by atoms with Gasteiger partial charge < -0.3 is 36.2 Å². The number of aliphatic hydroxyl groups is 1. The Kier molecular flexibility index (Phi) is 11.1. The van der Waals surface area contributed by atoms with E-state index in [1.54, 1.807) is 23.5 Å². The van der Waals surface area contributed by atoms with E-state index in [1.165, 1.54) is 16.2 Å². The lowest BCUT2D eigenvalue weighted by atomic mass is 9.85. The number of halogens is 1. The molecule has 0 saturated carbocycles.